The highest BCUT2D eigenvalue weighted by Crippen LogP contribution is 2.32. The molecule has 3 aromatic carbocycles. The number of ether oxygens (including phenoxy) is 1. The molecular formula is C28H27F3N4O2. The summed E-state index contributed by atoms with van der Waals surface area (Å²) in [7, 11) is 3.83. The van der Waals surface area contributed by atoms with E-state index in [-0.39, 0.29) is 17.5 Å². The fraction of sp³-hybridized carbons (Fsp3) is 0.250. The summed E-state index contributed by atoms with van der Waals surface area (Å²) >= 11 is 0. The molecule has 1 aromatic heterocycles. The summed E-state index contributed by atoms with van der Waals surface area (Å²) in [5, 5.41) is 4.70. The first-order valence-electron chi connectivity index (χ1n) is 11.8. The molecule has 0 aliphatic heterocycles. The summed E-state index contributed by atoms with van der Waals surface area (Å²) in [5.74, 6) is 0.576. The van der Waals surface area contributed by atoms with Gasteiger partial charge in [0.15, 0.2) is 5.82 Å². The molecule has 1 heterocycles. The van der Waals surface area contributed by atoms with E-state index in [0.29, 0.717) is 22.2 Å². The third kappa shape index (κ3) is 5.66. The van der Waals surface area contributed by atoms with E-state index in [1.807, 2.05) is 51.0 Å². The van der Waals surface area contributed by atoms with Crippen molar-refractivity contribution in [2.75, 3.05) is 19.0 Å². The molecule has 0 saturated heterocycles. The SMILES string of the molecule is CC[C@@H](C)Oc1cc(N(C)C)ccc1C=Nn1c(-c2cccc(C(F)(F)F)c2)nc2ccccc2c1=O. The lowest BCUT2D eigenvalue weighted by Gasteiger charge is -2.19. The normalized spacial score (nSPS) is 12.7. The van der Waals surface area contributed by atoms with Crippen LogP contribution in [0, 0.1) is 0 Å². The second-order valence-corrected chi connectivity index (χ2v) is 8.85. The van der Waals surface area contributed by atoms with Crippen LogP contribution in [0.15, 0.2) is 76.6 Å². The highest BCUT2D eigenvalue weighted by Gasteiger charge is 2.31. The third-order valence-electron chi connectivity index (χ3n) is 5.93. The van der Waals surface area contributed by atoms with Gasteiger partial charge in [-0.2, -0.15) is 22.9 Å². The lowest BCUT2D eigenvalue weighted by atomic mass is 10.1. The number of hydrogen-bond donors (Lipinski definition) is 0. The van der Waals surface area contributed by atoms with E-state index in [1.165, 1.54) is 18.3 Å². The number of nitrogens with zero attached hydrogens (tertiary/aromatic N) is 4. The molecule has 0 radical (unpaired) electrons. The Balaban J connectivity index is 1.90. The summed E-state index contributed by atoms with van der Waals surface area (Å²) in [4.78, 5) is 19.9. The van der Waals surface area contributed by atoms with E-state index in [2.05, 4.69) is 10.1 Å². The molecule has 0 N–H and O–H groups in total. The van der Waals surface area contributed by atoms with Gasteiger partial charge in [-0.25, -0.2) is 4.98 Å². The fourth-order valence-corrected chi connectivity index (χ4v) is 3.68. The maximum absolute atomic E-state index is 13.4. The predicted octanol–water partition coefficient (Wildman–Crippen LogP) is 6.21. The van der Waals surface area contributed by atoms with Crippen molar-refractivity contribution in [3.05, 3.63) is 88.2 Å². The zero-order valence-corrected chi connectivity index (χ0v) is 21.0. The molecule has 0 fully saturated rings. The molecule has 1 atom stereocenters. The molecule has 4 aromatic rings. The summed E-state index contributed by atoms with van der Waals surface area (Å²) in [6, 6.07) is 16.9. The van der Waals surface area contributed by atoms with Crippen LogP contribution in [0.4, 0.5) is 18.9 Å². The Hall–Kier alpha value is -4.14. The molecule has 4 rings (SSSR count). The molecule has 9 heteroatoms. The van der Waals surface area contributed by atoms with E-state index in [9.17, 15) is 18.0 Å². The molecule has 37 heavy (non-hydrogen) atoms. The van der Waals surface area contributed by atoms with Crippen LogP contribution < -0.4 is 15.2 Å². The molecule has 192 valence electrons. The van der Waals surface area contributed by atoms with Crippen molar-refractivity contribution in [3.63, 3.8) is 0 Å². The van der Waals surface area contributed by atoms with Crippen LogP contribution >= 0.6 is 0 Å². The Bertz CT molecular complexity index is 1510. The number of alkyl halides is 3. The van der Waals surface area contributed by atoms with Crippen molar-refractivity contribution >= 4 is 22.8 Å². The second-order valence-electron chi connectivity index (χ2n) is 8.85. The molecule has 0 saturated carbocycles. The zero-order valence-electron chi connectivity index (χ0n) is 21.0. The highest BCUT2D eigenvalue weighted by molar-refractivity contribution is 5.85. The fourth-order valence-electron chi connectivity index (χ4n) is 3.68. The molecule has 0 unspecified atom stereocenters. The van der Waals surface area contributed by atoms with Gasteiger partial charge in [0.1, 0.15) is 5.75 Å². The van der Waals surface area contributed by atoms with Gasteiger partial charge >= 0.3 is 6.18 Å². The molecule has 0 aliphatic rings. The van der Waals surface area contributed by atoms with Gasteiger partial charge in [0, 0.05) is 37.0 Å². The zero-order chi connectivity index (χ0) is 26.7. The standard InChI is InChI=1S/C28H27F3N4O2/c1-5-18(2)37-25-16-22(34(3)4)14-13-20(25)17-32-35-26(19-9-8-10-21(15-19)28(29,30)31)33-24-12-7-6-11-23(24)27(35)36/h6-18H,5H2,1-4H3/t18-/m1/s1. The van der Waals surface area contributed by atoms with Crippen LogP contribution in [0.5, 0.6) is 5.75 Å². The van der Waals surface area contributed by atoms with Crippen LogP contribution in [0.2, 0.25) is 0 Å². The Morgan fingerprint density at radius 2 is 1.84 bits per heavy atom. The average molecular weight is 509 g/mol. The van der Waals surface area contributed by atoms with E-state index in [0.717, 1.165) is 28.9 Å². The molecule has 0 aliphatic carbocycles. The van der Waals surface area contributed by atoms with Gasteiger partial charge in [-0.1, -0.05) is 31.2 Å². The van der Waals surface area contributed by atoms with Crippen LogP contribution in [-0.4, -0.2) is 36.1 Å². The summed E-state index contributed by atoms with van der Waals surface area (Å²) in [6.45, 7) is 3.96. The molecule has 0 amide bonds. The second kappa shape index (κ2) is 10.5. The van der Waals surface area contributed by atoms with Crippen molar-refractivity contribution in [1.29, 1.82) is 0 Å². The smallest absolute Gasteiger partial charge is 0.416 e. The molecule has 0 bridgehead atoms. The third-order valence-corrected chi connectivity index (χ3v) is 5.93. The van der Waals surface area contributed by atoms with Crippen LogP contribution in [0.1, 0.15) is 31.4 Å². The first kappa shape index (κ1) is 25.9. The Labute approximate surface area is 212 Å². The topological polar surface area (TPSA) is 59.7 Å². The number of halogens is 3. The maximum Gasteiger partial charge on any atom is 0.416 e. The minimum Gasteiger partial charge on any atom is -0.490 e. The minimum absolute atomic E-state index is 0.000330. The van der Waals surface area contributed by atoms with Crippen LogP contribution in [0.25, 0.3) is 22.3 Å². The summed E-state index contributed by atoms with van der Waals surface area (Å²) < 4.78 is 47.4. The Morgan fingerprint density at radius 1 is 1.08 bits per heavy atom. The van der Waals surface area contributed by atoms with Crippen molar-refractivity contribution in [1.82, 2.24) is 9.66 Å². The van der Waals surface area contributed by atoms with Crippen molar-refractivity contribution in [3.8, 4) is 17.1 Å². The maximum atomic E-state index is 13.4. The van der Waals surface area contributed by atoms with Crippen molar-refractivity contribution in [2.24, 2.45) is 5.10 Å². The first-order chi connectivity index (χ1) is 17.6. The minimum atomic E-state index is -4.54. The molecule has 6 nitrogen and oxygen atoms in total. The van der Waals surface area contributed by atoms with Gasteiger partial charge in [0.2, 0.25) is 0 Å². The monoisotopic (exact) mass is 508 g/mol. The lowest BCUT2D eigenvalue weighted by Crippen LogP contribution is -2.20. The van der Waals surface area contributed by atoms with Crippen LogP contribution in [0.3, 0.4) is 0 Å². The number of para-hydroxylation sites is 1. The number of fused-ring (bicyclic) bond motifs is 1. The number of benzene rings is 3. The van der Waals surface area contributed by atoms with E-state index >= 15 is 0 Å². The van der Waals surface area contributed by atoms with Gasteiger partial charge in [-0.05, 0) is 49.7 Å². The van der Waals surface area contributed by atoms with E-state index in [1.54, 1.807) is 24.3 Å². The lowest BCUT2D eigenvalue weighted by molar-refractivity contribution is -0.137. The predicted molar refractivity (Wildman–Crippen MR) is 141 cm³/mol. The van der Waals surface area contributed by atoms with Crippen LogP contribution in [-0.2, 0) is 6.18 Å². The molecule has 0 spiro atoms. The Kier molecular flexibility index (Phi) is 7.33. The highest BCUT2D eigenvalue weighted by atomic mass is 19.4. The molecular weight excluding hydrogens is 481 g/mol. The van der Waals surface area contributed by atoms with Crippen molar-refractivity contribution < 1.29 is 17.9 Å². The van der Waals surface area contributed by atoms with E-state index in [4.69, 9.17) is 4.74 Å². The Morgan fingerprint density at radius 3 is 2.54 bits per heavy atom. The first-order valence-corrected chi connectivity index (χ1v) is 11.8. The number of hydrogen-bond acceptors (Lipinski definition) is 5. The van der Waals surface area contributed by atoms with Gasteiger partial charge in [-0.15, -0.1) is 0 Å². The summed E-state index contributed by atoms with van der Waals surface area (Å²) in [5.41, 5.74) is 0.678. The van der Waals surface area contributed by atoms with Gasteiger partial charge < -0.3 is 9.64 Å². The van der Waals surface area contributed by atoms with Gasteiger partial charge in [0.05, 0.1) is 28.8 Å². The van der Waals surface area contributed by atoms with Crippen molar-refractivity contribution in [2.45, 2.75) is 32.5 Å². The number of aromatic nitrogens is 2. The average Bonchev–Trinajstić information content (AvgIpc) is 2.88. The van der Waals surface area contributed by atoms with Gasteiger partial charge in [0.25, 0.3) is 5.56 Å². The largest absolute Gasteiger partial charge is 0.490 e. The van der Waals surface area contributed by atoms with E-state index < -0.39 is 17.3 Å². The number of rotatable bonds is 7. The van der Waals surface area contributed by atoms with Gasteiger partial charge in [-0.3, -0.25) is 4.79 Å². The quantitative estimate of drug-likeness (QED) is 0.279. The number of anilines is 1. The summed E-state index contributed by atoms with van der Waals surface area (Å²) in [6.07, 6.45) is -2.35.